The minimum absolute atomic E-state index is 0.0341. The largest absolute Gasteiger partial charge is 0.396 e. The molecular formula is C18H40O5. The molecule has 0 saturated heterocycles. The van der Waals surface area contributed by atoms with E-state index in [1.54, 1.807) is 0 Å². The van der Waals surface area contributed by atoms with Gasteiger partial charge in [0, 0.05) is 12.0 Å². The van der Waals surface area contributed by atoms with Crippen LogP contribution < -0.4 is 0 Å². The van der Waals surface area contributed by atoms with Crippen LogP contribution in [0.25, 0.3) is 0 Å². The van der Waals surface area contributed by atoms with Crippen molar-refractivity contribution in [3.8, 4) is 0 Å². The van der Waals surface area contributed by atoms with Crippen molar-refractivity contribution in [2.24, 2.45) is 11.3 Å². The number of aliphatic hydroxyl groups excluding tert-OH is 3. The zero-order valence-electron chi connectivity index (χ0n) is 15.9. The zero-order valence-corrected chi connectivity index (χ0v) is 15.9. The highest BCUT2D eigenvalue weighted by Gasteiger charge is 2.28. The predicted octanol–water partition coefficient (Wildman–Crippen LogP) is 2.61. The van der Waals surface area contributed by atoms with Gasteiger partial charge < -0.3 is 24.8 Å². The lowest BCUT2D eigenvalue weighted by Crippen LogP contribution is -2.36. The SMILES string of the molecule is CC(C)C(O)C(C)(C)CO.CCCCCCOCCOCCO. The van der Waals surface area contributed by atoms with Crippen LogP contribution in [0.5, 0.6) is 0 Å². The van der Waals surface area contributed by atoms with Gasteiger partial charge in [-0.2, -0.15) is 0 Å². The van der Waals surface area contributed by atoms with Crippen LogP contribution in [0.4, 0.5) is 0 Å². The smallest absolute Gasteiger partial charge is 0.0701 e. The Labute approximate surface area is 143 Å². The van der Waals surface area contributed by atoms with E-state index in [-0.39, 0.29) is 24.5 Å². The minimum atomic E-state index is -0.419. The highest BCUT2D eigenvalue weighted by atomic mass is 16.5. The molecule has 0 spiro atoms. The van der Waals surface area contributed by atoms with E-state index >= 15 is 0 Å². The van der Waals surface area contributed by atoms with E-state index in [9.17, 15) is 5.11 Å². The summed E-state index contributed by atoms with van der Waals surface area (Å²) in [6.07, 6.45) is 4.55. The molecule has 1 unspecified atom stereocenters. The van der Waals surface area contributed by atoms with Crippen molar-refractivity contribution in [1.29, 1.82) is 0 Å². The Morgan fingerprint density at radius 1 is 0.870 bits per heavy atom. The van der Waals surface area contributed by atoms with Gasteiger partial charge in [0.15, 0.2) is 0 Å². The molecule has 0 aliphatic carbocycles. The number of unbranched alkanes of at least 4 members (excludes halogenated alkanes) is 3. The zero-order chi connectivity index (χ0) is 18.1. The molecule has 5 nitrogen and oxygen atoms in total. The van der Waals surface area contributed by atoms with Crippen LogP contribution in [0.3, 0.4) is 0 Å². The van der Waals surface area contributed by atoms with E-state index < -0.39 is 6.10 Å². The summed E-state index contributed by atoms with van der Waals surface area (Å²) in [5.74, 6) is 0.210. The Bertz CT molecular complexity index is 221. The molecule has 1 atom stereocenters. The Balaban J connectivity index is 0. The molecule has 3 N–H and O–H groups in total. The molecule has 0 radical (unpaired) electrons. The Morgan fingerprint density at radius 3 is 1.83 bits per heavy atom. The monoisotopic (exact) mass is 336 g/mol. The summed E-state index contributed by atoms with van der Waals surface area (Å²) >= 11 is 0. The molecule has 5 heteroatoms. The number of ether oxygens (including phenoxy) is 2. The molecule has 0 rings (SSSR count). The van der Waals surface area contributed by atoms with Crippen molar-refractivity contribution >= 4 is 0 Å². The standard InChI is InChI=1S/C10H22O3.C8H18O2/c1-2-3-4-5-7-12-9-10-13-8-6-11;1-6(2)7(10)8(3,4)5-9/h11H,2-10H2,1H3;6-7,9-10H,5H2,1-4H3. The maximum atomic E-state index is 9.49. The summed E-state index contributed by atoms with van der Waals surface area (Å²) in [5.41, 5.74) is -0.367. The van der Waals surface area contributed by atoms with Crippen LogP contribution in [0, 0.1) is 11.3 Å². The van der Waals surface area contributed by atoms with E-state index in [2.05, 4.69) is 6.92 Å². The van der Waals surface area contributed by atoms with Crippen LogP contribution in [0.1, 0.15) is 60.3 Å². The third-order valence-corrected chi connectivity index (χ3v) is 3.59. The molecule has 0 saturated carbocycles. The van der Waals surface area contributed by atoms with Crippen molar-refractivity contribution in [1.82, 2.24) is 0 Å². The first kappa shape index (κ1) is 25.0. The fourth-order valence-corrected chi connectivity index (χ4v) is 2.01. The molecule has 0 aromatic carbocycles. The molecule has 0 heterocycles. The van der Waals surface area contributed by atoms with Gasteiger partial charge in [-0.25, -0.2) is 0 Å². The first-order valence-corrected chi connectivity index (χ1v) is 8.88. The molecule has 0 aromatic heterocycles. The number of hydrogen-bond acceptors (Lipinski definition) is 5. The van der Waals surface area contributed by atoms with E-state index in [1.807, 2.05) is 27.7 Å². The van der Waals surface area contributed by atoms with Crippen LogP contribution in [0.15, 0.2) is 0 Å². The van der Waals surface area contributed by atoms with Crippen LogP contribution >= 0.6 is 0 Å². The van der Waals surface area contributed by atoms with Gasteiger partial charge in [0.2, 0.25) is 0 Å². The van der Waals surface area contributed by atoms with Gasteiger partial charge in [-0.05, 0) is 12.3 Å². The molecule has 0 aliphatic rings. The number of hydrogen-bond donors (Lipinski definition) is 3. The fraction of sp³-hybridized carbons (Fsp3) is 1.00. The summed E-state index contributed by atoms with van der Waals surface area (Å²) in [6.45, 7) is 12.4. The number of aliphatic hydroxyl groups is 3. The normalized spacial score (nSPS) is 12.9. The van der Waals surface area contributed by atoms with E-state index in [0.717, 1.165) is 13.0 Å². The van der Waals surface area contributed by atoms with Crippen molar-refractivity contribution in [2.75, 3.05) is 39.6 Å². The van der Waals surface area contributed by atoms with Gasteiger partial charge in [0.05, 0.1) is 39.1 Å². The van der Waals surface area contributed by atoms with E-state index in [0.29, 0.717) is 19.8 Å². The Morgan fingerprint density at radius 2 is 1.43 bits per heavy atom. The Kier molecular flexibility index (Phi) is 18.1. The van der Waals surface area contributed by atoms with Gasteiger partial charge >= 0.3 is 0 Å². The van der Waals surface area contributed by atoms with Crippen molar-refractivity contribution < 1.29 is 24.8 Å². The maximum absolute atomic E-state index is 9.49. The summed E-state index contributed by atoms with van der Waals surface area (Å²) in [5, 5.41) is 26.7. The van der Waals surface area contributed by atoms with Gasteiger partial charge in [-0.15, -0.1) is 0 Å². The maximum Gasteiger partial charge on any atom is 0.0701 e. The average Bonchev–Trinajstić information content (AvgIpc) is 2.53. The fourth-order valence-electron chi connectivity index (χ4n) is 2.01. The quantitative estimate of drug-likeness (QED) is 0.451. The second-order valence-electron chi connectivity index (χ2n) is 6.84. The first-order valence-electron chi connectivity index (χ1n) is 8.88. The molecule has 0 aliphatic heterocycles. The highest BCUT2D eigenvalue weighted by Crippen LogP contribution is 2.24. The lowest BCUT2D eigenvalue weighted by Gasteiger charge is -2.30. The molecule has 0 fully saturated rings. The van der Waals surface area contributed by atoms with E-state index in [4.69, 9.17) is 19.7 Å². The summed E-state index contributed by atoms with van der Waals surface area (Å²) < 4.78 is 10.4. The molecule has 142 valence electrons. The average molecular weight is 337 g/mol. The predicted molar refractivity (Wildman–Crippen MR) is 94.6 cm³/mol. The number of rotatable bonds is 13. The molecular weight excluding hydrogens is 296 g/mol. The molecule has 0 amide bonds. The van der Waals surface area contributed by atoms with E-state index in [1.165, 1.54) is 19.3 Å². The van der Waals surface area contributed by atoms with Crippen LogP contribution in [-0.2, 0) is 9.47 Å². The summed E-state index contributed by atoms with van der Waals surface area (Å²) in [6, 6.07) is 0. The lowest BCUT2D eigenvalue weighted by molar-refractivity contribution is -0.0204. The lowest BCUT2D eigenvalue weighted by atomic mass is 9.82. The molecule has 23 heavy (non-hydrogen) atoms. The van der Waals surface area contributed by atoms with Crippen molar-refractivity contribution in [3.05, 3.63) is 0 Å². The topological polar surface area (TPSA) is 79.2 Å². The van der Waals surface area contributed by atoms with Crippen molar-refractivity contribution in [2.45, 2.75) is 66.4 Å². The summed E-state index contributed by atoms with van der Waals surface area (Å²) in [7, 11) is 0. The first-order chi connectivity index (χ1) is 10.8. The molecule has 0 bridgehead atoms. The van der Waals surface area contributed by atoms with Crippen LogP contribution in [-0.4, -0.2) is 61.1 Å². The van der Waals surface area contributed by atoms with Gasteiger partial charge in [0.25, 0.3) is 0 Å². The Hall–Kier alpha value is -0.200. The third-order valence-electron chi connectivity index (χ3n) is 3.59. The van der Waals surface area contributed by atoms with Gasteiger partial charge in [-0.1, -0.05) is 53.9 Å². The van der Waals surface area contributed by atoms with Gasteiger partial charge in [-0.3, -0.25) is 0 Å². The third kappa shape index (κ3) is 16.4. The highest BCUT2D eigenvalue weighted by molar-refractivity contribution is 4.78. The summed E-state index contributed by atoms with van der Waals surface area (Å²) in [4.78, 5) is 0. The molecule has 0 aromatic rings. The second-order valence-corrected chi connectivity index (χ2v) is 6.84. The van der Waals surface area contributed by atoms with Gasteiger partial charge in [0.1, 0.15) is 0 Å². The minimum Gasteiger partial charge on any atom is -0.396 e. The van der Waals surface area contributed by atoms with Crippen LogP contribution in [0.2, 0.25) is 0 Å². The van der Waals surface area contributed by atoms with Crippen molar-refractivity contribution in [3.63, 3.8) is 0 Å². The second kappa shape index (κ2) is 16.7.